The Hall–Kier alpha value is -5.42. The van der Waals surface area contributed by atoms with E-state index in [1.165, 1.54) is 6.92 Å². The van der Waals surface area contributed by atoms with Crippen molar-refractivity contribution in [2.24, 2.45) is 32.9 Å². The molecule has 0 aliphatic carbocycles. The third-order valence-corrected chi connectivity index (χ3v) is 6.39. The monoisotopic (exact) mass is 648 g/mol. The summed E-state index contributed by atoms with van der Waals surface area (Å²) >= 11 is 0. The lowest BCUT2D eigenvalue weighted by atomic mass is 10.0. The van der Waals surface area contributed by atoms with E-state index in [9.17, 15) is 39.0 Å². The molecule has 0 saturated heterocycles. The zero-order valence-electron chi connectivity index (χ0n) is 25.6. The van der Waals surface area contributed by atoms with Gasteiger partial charge in [-0.25, -0.2) is 4.79 Å². The van der Waals surface area contributed by atoms with Crippen molar-refractivity contribution in [2.75, 3.05) is 13.1 Å². The maximum absolute atomic E-state index is 13.4. The van der Waals surface area contributed by atoms with Crippen molar-refractivity contribution >= 4 is 47.5 Å². The summed E-state index contributed by atoms with van der Waals surface area (Å²) in [4.78, 5) is 82.6. The summed E-state index contributed by atoms with van der Waals surface area (Å²) in [5.74, 6) is -5.96. The average Bonchev–Trinajstić information content (AvgIpc) is 2.97. The summed E-state index contributed by atoms with van der Waals surface area (Å²) in [5, 5.41) is 28.8. The van der Waals surface area contributed by atoms with Gasteiger partial charge in [0.15, 0.2) is 11.9 Å². The number of hydrogen-bond acceptors (Lipinski definition) is 8. The molecule has 1 rings (SSSR count). The molecule has 14 N–H and O–H groups in total. The molecule has 0 bridgehead atoms. The van der Waals surface area contributed by atoms with E-state index in [1.54, 1.807) is 30.3 Å². The first-order chi connectivity index (χ1) is 21.7. The van der Waals surface area contributed by atoms with Crippen molar-refractivity contribution < 1.29 is 39.0 Å². The number of hydrogen-bond donors (Lipinski definition) is 10. The lowest BCUT2D eigenvalue weighted by molar-refractivity contribution is -0.142. The van der Waals surface area contributed by atoms with Gasteiger partial charge in [-0.2, -0.15) is 0 Å². The summed E-state index contributed by atoms with van der Waals surface area (Å²) in [5.41, 5.74) is 22.0. The van der Waals surface area contributed by atoms with Crippen molar-refractivity contribution in [1.82, 2.24) is 21.3 Å². The molecule has 18 nitrogen and oxygen atoms in total. The SMILES string of the molecule is CC(=O)N[C@@H](CCCN=C(N)N)C(=O)N[C@@H](CCC(=O)O)C(=O)N[C@@H](CCCN=C(N)N)C(=O)N[C@@H](Cc1ccccc1)C(=O)O. The number of rotatable bonds is 21. The number of nitrogens with zero attached hydrogens (tertiary/aromatic N) is 2. The first-order valence-electron chi connectivity index (χ1n) is 14.5. The molecule has 4 amide bonds. The van der Waals surface area contributed by atoms with Crippen LogP contribution < -0.4 is 44.2 Å². The van der Waals surface area contributed by atoms with Gasteiger partial charge in [-0.1, -0.05) is 30.3 Å². The molecular weight excluding hydrogens is 604 g/mol. The molecule has 46 heavy (non-hydrogen) atoms. The highest BCUT2D eigenvalue weighted by molar-refractivity contribution is 5.95. The highest BCUT2D eigenvalue weighted by Crippen LogP contribution is 2.08. The zero-order valence-corrected chi connectivity index (χ0v) is 25.6. The minimum absolute atomic E-state index is 0.0368. The van der Waals surface area contributed by atoms with Crippen LogP contribution >= 0.6 is 0 Å². The van der Waals surface area contributed by atoms with E-state index in [4.69, 9.17) is 22.9 Å². The number of carboxylic acid groups (broad SMARTS) is 2. The number of carbonyl (C=O) groups excluding carboxylic acids is 4. The van der Waals surface area contributed by atoms with Crippen molar-refractivity contribution in [3.05, 3.63) is 35.9 Å². The number of nitrogens with two attached hydrogens (primary N) is 4. The van der Waals surface area contributed by atoms with Crippen molar-refractivity contribution in [2.45, 2.75) is 76.0 Å². The van der Waals surface area contributed by atoms with E-state index >= 15 is 0 Å². The Kier molecular flexibility index (Phi) is 17.2. The molecule has 0 saturated carbocycles. The molecule has 254 valence electrons. The topological polar surface area (TPSA) is 320 Å². The minimum atomic E-state index is -1.44. The predicted octanol–water partition coefficient (Wildman–Crippen LogP) is -2.76. The second kappa shape index (κ2) is 20.5. The van der Waals surface area contributed by atoms with Crippen LogP contribution in [0.15, 0.2) is 40.3 Å². The van der Waals surface area contributed by atoms with Gasteiger partial charge in [0.05, 0.1) is 0 Å². The molecule has 1 aromatic carbocycles. The second-order valence-electron chi connectivity index (χ2n) is 10.3. The predicted molar refractivity (Wildman–Crippen MR) is 168 cm³/mol. The van der Waals surface area contributed by atoms with Crippen LogP contribution in [0.4, 0.5) is 0 Å². The number of benzene rings is 1. The summed E-state index contributed by atoms with van der Waals surface area (Å²) in [6.07, 6.45) is -0.391. The van der Waals surface area contributed by atoms with Crippen LogP contribution in [0, 0.1) is 0 Å². The van der Waals surface area contributed by atoms with Gasteiger partial charge in [-0.15, -0.1) is 0 Å². The lowest BCUT2D eigenvalue weighted by Gasteiger charge is -2.26. The van der Waals surface area contributed by atoms with Gasteiger partial charge >= 0.3 is 11.9 Å². The summed E-state index contributed by atoms with van der Waals surface area (Å²) in [6.45, 7) is 1.44. The van der Waals surface area contributed by atoms with Gasteiger partial charge in [0.1, 0.15) is 24.2 Å². The molecule has 0 aliphatic heterocycles. The van der Waals surface area contributed by atoms with Crippen LogP contribution in [-0.4, -0.2) is 95.0 Å². The van der Waals surface area contributed by atoms with E-state index in [0.717, 1.165) is 0 Å². The fourth-order valence-electron chi connectivity index (χ4n) is 4.19. The van der Waals surface area contributed by atoms with Crippen molar-refractivity contribution in [1.29, 1.82) is 0 Å². The highest BCUT2D eigenvalue weighted by Gasteiger charge is 2.31. The average molecular weight is 649 g/mol. The van der Waals surface area contributed by atoms with E-state index in [0.29, 0.717) is 5.56 Å². The number of nitrogens with one attached hydrogen (secondary N) is 4. The van der Waals surface area contributed by atoms with E-state index in [1.807, 2.05) is 0 Å². The molecule has 0 aliphatic rings. The van der Waals surface area contributed by atoms with Crippen LogP contribution in [0.3, 0.4) is 0 Å². The number of aliphatic carboxylic acids is 2. The Morgan fingerprint density at radius 3 is 1.52 bits per heavy atom. The van der Waals surface area contributed by atoms with Gasteiger partial charge in [-0.3, -0.25) is 34.0 Å². The van der Waals surface area contributed by atoms with Crippen LogP contribution in [0.1, 0.15) is 51.0 Å². The molecule has 18 heteroatoms. The van der Waals surface area contributed by atoms with Gasteiger partial charge in [0.2, 0.25) is 23.6 Å². The minimum Gasteiger partial charge on any atom is -0.481 e. The van der Waals surface area contributed by atoms with Gasteiger partial charge in [0, 0.05) is 32.9 Å². The van der Waals surface area contributed by atoms with Crippen LogP contribution in [-0.2, 0) is 35.2 Å². The molecule has 1 aromatic rings. The summed E-state index contributed by atoms with van der Waals surface area (Å²) < 4.78 is 0. The third-order valence-electron chi connectivity index (χ3n) is 6.39. The summed E-state index contributed by atoms with van der Waals surface area (Å²) in [7, 11) is 0. The Morgan fingerprint density at radius 2 is 1.11 bits per heavy atom. The number of carboxylic acids is 2. The highest BCUT2D eigenvalue weighted by atomic mass is 16.4. The molecule has 0 radical (unpaired) electrons. The normalized spacial score (nSPS) is 13.1. The van der Waals surface area contributed by atoms with Gasteiger partial charge in [-0.05, 0) is 37.7 Å². The zero-order chi connectivity index (χ0) is 34.6. The number of amides is 4. The smallest absolute Gasteiger partial charge is 0.326 e. The Bertz CT molecular complexity index is 1250. The molecule has 0 unspecified atom stereocenters. The number of carbonyl (C=O) groups is 6. The third kappa shape index (κ3) is 16.4. The fraction of sp³-hybridized carbons (Fsp3) is 0.500. The first kappa shape index (κ1) is 38.6. The molecule has 4 atom stereocenters. The maximum atomic E-state index is 13.4. The standard InChI is InChI=1S/C28H44N10O8/c1-16(39)35-18(9-5-13-33-27(29)30)23(42)37-20(11-12-22(40)41)25(44)36-19(10-6-14-34-28(31)32)24(43)38-21(26(45)46)15-17-7-3-2-4-8-17/h2-4,7-8,18-21H,5-6,9-15H2,1H3,(H,35,39)(H,36,44)(H,37,42)(H,38,43)(H,40,41)(H,45,46)(H4,29,30,33)(H4,31,32,34)/t18-,19-,20-,21-/m0/s1. The Morgan fingerprint density at radius 1 is 0.674 bits per heavy atom. The lowest BCUT2D eigenvalue weighted by Crippen LogP contribution is -2.58. The van der Waals surface area contributed by atoms with E-state index < -0.39 is 66.2 Å². The molecule has 0 spiro atoms. The Labute approximate surface area is 265 Å². The molecule has 0 fully saturated rings. The largest absolute Gasteiger partial charge is 0.481 e. The van der Waals surface area contributed by atoms with E-state index in [-0.39, 0.29) is 63.5 Å². The van der Waals surface area contributed by atoms with Crippen LogP contribution in [0.2, 0.25) is 0 Å². The van der Waals surface area contributed by atoms with E-state index in [2.05, 4.69) is 31.3 Å². The molecule has 0 heterocycles. The van der Waals surface area contributed by atoms with Gasteiger partial charge < -0.3 is 54.4 Å². The first-order valence-corrected chi connectivity index (χ1v) is 14.5. The molecular formula is C28H44N10O8. The van der Waals surface area contributed by atoms with Crippen LogP contribution in [0.5, 0.6) is 0 Å². The maximum Gasteiger partial charge on any atom is 0.326 e. The van der Waals surface area contributed by atoms with Crippen LogP contribution in [0.25, 0.3) is 0 Å². The van der Waals surface area contributed by atoms with Crippen molar-refractivity contribution in [3.8, 4) is 0 Å². The summed E-state index contributed by atoms with van der Waals surface area (Å²) in [6, 6.07) is 3.38. The fourth-order valence-corrected chi connectivity index (χ4v) is 4.19. The van der Waals surface area contributed by atoms with Crippen molar-refractivity contribution in [3.63, 3.8) is 0 Å². The molecule has 0 aromatic heterocycles. The quantitative estimate of drug-likeness (QED) is 0.0368. The van der Waals surface area contributed by atoms with Gasteiger partial charge in [0.25, 0.3) is 0 Å². The second-order valence-corrected chi connectivity index (χ2v) is 10.3. The Balaban J connectivity index is 3.18. The number of aliphatic imine (C=N–C) groups is 2. The number of guanidine groups is 2.